The van der Waals surface area contributed by atoms with Crippen molar-refractivity contribution < 1.29 is 14.5 Å². The zero-order chi connectivity index (χ0) is 15.6. The molecular weight excluding hydrogens is 312 g/mol. The minimum Gasteiger partial charge on any atom is -0.496 e. The molecule has 21 heavy (non-hydrogen) atoms. The summed E-state index contributed by atoms with van der Waals surface area (Å²) in [6.45, 7) is 2.33. The maximum Gasteiger partial charge on any atom is 0.270 e. The number of thioether (sulfide) groups is 1. The monoisotopic (exact) mass is 324 g/mol. The van der Waals surface area contributed by atoms with Gasteiger partial charge >= 0.3 is 0 Å². The summed E-state index contributed by atoms with van der Waals surface area (Å²) < 4.78 is 5.66. The van der Waals surface area contributed by atoms with E-state index < -0.39 is 4.92 Å². The molecule has 110 valence electrons. The van der Waals surface area contributed by atoms with Crippen LogP contribution in [0.1, 0.15) is 12.5 Å². The summed E-state index contributed by atoms with van der Waals surface area (Å²) in [5.74, 6) is 0.267. The molecule has 1 fully saturated rings. The number of nitro groups is 1. The van der Waals surface area contributed by atoms with Crippen molar-refractivity contribution in [2.45, 2.75) is 6.92 Å². The van der Waals surface area contributed by atoms with Gasteiger partial charge < -0.3 is 4.74 Å². The van der Waals surface area contributed by atoms with E-state index in [4.69, 9.17) is 17.0 Å². The number of carbonyl (C=O) groups is 1. The number of rotatable bonds is 4. The number of methoxy groups -OCH3 is 1. The maximum atomic E-state index is 12.1. The van der Waals surface area contributed by atoms with E-state index in [0.717, 1.165) is 0 Å². The van der Waals surface area contributed by atoms with Crippen LogP contribution < -0.4 is 4.74 Å². The third-order valence-electron chi connectivity index (χ3n) is 2.90. The molecule has 0 atom stereocenters. The number of carbonyl (C=O) groups excluding carboxylic acids is 1. The minimum atomic E-state index is -0.492. The molecule has 0 N–H and O–H groups in total. The molecule has 0 aliphatic carbocycles. The molecule has 1 heterocycles. The molecule has 1 aromatic carbocycles. The third kappa shape index (κ3) is 3.06. The van der Waals surface area contributed by atoms with Gasteiger partial charge in [-0.25, -0.2) is 0 Å². The van der Waals surface area contributed by atoms with Gasteiger partial charge in [0.25, 0.3) is 11.6 Å². The van der Waals surface area contributed by atoms with Gasteiger partial charge in [0.2, 0.25) is 0 Å². The van der Waals surface area contributed by atoms with Gasteiger partial charge in [-0.05, 0) is 19.1 Å². The molecule has 0 bridgehead atoms. The van der Waals surface area contributed by atoms with Gasteiger partial charge in [0, 0.05) is 24.2 Å². The van der Waals surface area contributed by atoms with Crippen LogP contribution >= 0.6 is 24.0 Å². The Kier molecular flexibility index (Phi) is 4.59. The summed E-state index contributed by atoms with van der Waals surface area (Å²) in [5, 5.41) is 10.8. The number of non-ortho nitro benzene ring substituents is 1. The van der Waals surface area contributed by atoms with Gasteiger partial charge in [-0.1, -0.05) is 24.0 Å². The van der Waals surface area contributed by atoms with Crippen LogP contribution in [0.25, 0.3) is 6.08 Å². The van der Waals surface area contributed by atoms with Crippen LogP contribution in [0, 0.1) is 10.1 Å². The van der Waals surface area contributed by atoms with Crippen LogP contribution in [0.2, 0.25) is 0 Å². The van der Waals surface area contributed by atoms with Gasteiger partial charge in [0.15, 0.2) is 0 Å². The Morgan fingerprint density at radius 2 is 2.24 bits per heavy atom. The van der Waals surface area contributed by atoms with Crippen LogP contribution in [0.15, 0.2) is 23.1 Å². The Balaban J connectivity index is 2.45. The summed E-state index contributed by atoms with van der Waals surface area (Å²) in [5.41, 5.74) is 0.413. The molecule has 8 heteroatoms. The van der Waals surface area contributed by atoms with Crippen molar-refractivity contribution in [1.82, 2.24) is 4.90 Å². The van der Waals surface area contributed by atoms with E-state index in [1.54, 1.807) is 6.08 Å². The zero-order valence-electron chi connectivity index (χ0n) is 11.4. The minimum absolute atomic E-state index is 0.0620. The first-order valence-corrected chi connectivity index (χ1v) is 7.28. The van der Waals surface area contributed by atoms with Crippen molar-refractivity contribution >= 4 is 46.0 Å². The van der Waals surface area contributed by atoms with Crippen molar-refractivity contribution in [2.75, 3.05) is 13.7 Å². The first-order chi connectivity index (χ1) is 9.97. The number of nitro benzene ring substituents is 1. The Morgan fingerprint density at radius 1 is 1.52 bits per heavy atom. The molecule has 1 aliphatic heterocycles. The number of hydrogen-bond acceptors (Lipinski definition) is 6. The highest BCUT2D eigenvalue weighted by Gasteiger charge is 2.31. The van der Waals surface area contributed by atoms with E-state index in [9.17, 15) is 14.9 Å². The topological polar surface area (TPSA) is 72.7 Å². The van der Waals surface area contributed by atoms with Crippen LogP contribution in [0.3, 0.4) is 0 Å². The molecule has 0 spiro atoms. The second-order valence-electron chi connectivity index (χ2n) is 4.11. The van der Waals surface area contributed by atoms with Gasteiger partial charge in [-0.3, -0.25) is 19.8 Å². The first kappa shape index (κ1) is 15.5. The molecular formula is C13H12N2O4S2. The van der Waals surface area contributed by atoms with Crippen LogP contribution in [0.5, 0.6) is 5.75 Å². The number of hydrogen-bond donors (Lipinski definition) is 0. The van der Waals surface area contributed by atoms with Crippen molar-refractivity contribution in [3.63, 3.8) is 0 Å². The fraction of sp³-hybridized carbons (Fsp3) is 0.231. The molecule has 1 saturated heterocycles. The Bertz CT molecular complexity index is 658. The predicted molar refractivity (Wildman–Crippen MR) is 85.2 cm³/mol. The smallest absolute Gasteiger partial charge is 0.270 e. The first-order valence-electron chi connectivity index (χ1n) is 6.05. The summed E-state index contributed by atoms with van der Waals surface area (Å²) in [6.07, 6.45) is 1.57. The number of likely N-dealkylation sites (N-methyl/N-ethyl adjacent to an activating group) is 1. The standard InChI is InChI=1S/C13H12N2O4S2/c1-3-14-12(16)11(21-13(14)20)7-8-6-9(15(17)18)4-5-10(8)19-2/h4-7H,3H2,1-2H3/b11-7+. The Morgan fingerprint density at radius 3 is 2.76 bits per heavy atom. The van der Waals surface area contributed by atoms with Crippen LogP contribution in [0.4, 0.5) is 5.69 Å². The Hall–Kier alpha value is -1.93. The second kappa shape index (κ2) is 6.23. The van der Waals surface area contributed by atoms with E-state index in [1.807, 2.05) is 6.92 Å². The van der Waals surface area contributed by atoms with Crippen molar-refractivity contribution in [2.24, 2.45) is 0 Å². The predicted octanol–water partition coefficient (Wildman–Crippen LogP) is 2.82. The van der Waals surface area contributed by atoms with Gasteiger partial charge in [-0.15, -0.1) is 0 Å². The third-order valence-corrected chi connectivity index (χ3v) is 4.28. The van der Waals surface area contributed by atoms with Crippen molar-refractivity contribution in [3.05, 3.63) is 38.8 Å². The molecule has 0 aromatic heterocycles. The van der Waals surface area contributed by atoms with Crippen LogP contribution in [-0.4, -0.2) is 33.7 Å². The largest absolute Gasteiger partial charge is 0.496 e. The molecule has 6 nitrogen and oxygen atoms in total. The van der Waals surface area contributed by atoms with E-state index in [2.05, 4.69) is 0 Å². The van der Waals surface area contributed by atoms with E-state index in [0.29, 0.717) is 27.1 Å². The number of amides is 1. The van der Waals surface area contributed by atoms with Gasteiger partial charge in [0.1, 0.15) is 10.1 Å². The molecule has 0 radical (unpaired) electrons. The SMILES string of the molecule is CCN1C(=O)/C(=C\c2cc([N+](=O)[O-])ccc2OC)SC1=S. The van der Waals surface area contributed by atoms with Gasteiger partial charge in [0.05, 0.1) is 16.9 Å². The van der Waals surface area contributed by atoms with Gasteiger partial charge in [-0.2, -0.15) is 0 Å². The normalized spacial score (nSPS) is 16.7. The molecule has 1 amide bonds. The summed E-state index contributed by atoms with van der Waals surface area (Å²) in [7, 11) is 1.47. The summed E-state index contributed by atoms with van der Waals surface area (Å²) in [6, 6.07) is 4.23. The van der Waals surface area contributed by atoms with Crippen LogP contribution in [-0.2, 0) is 4.79 Å². The van der Waals surface area contributed by atoms with E-state index in [1.165, 1.54) is 42.0 Å². The fourth-order valence-corrected chi connectivity index (χ4v) is 3.24. The number of thiocarbonyl (C=S) groups is 1. The average Bonchev–Trinajstić information content (AvgIpc) is 2.72. The number of ether oxygens (including phenoxy) is 1. The quantitative estimate of drug-likeness (QED) is 0.367. The molecule has 0 unspecified atom stereocenters. The number of benzene rings is 1. The highest BCUT2D eigenvalue weighted by molar-refractivity contribution is 8.26. The molecule has 1 aliphatic rings. The highest BCUT2D eigenvalue weighted by Crippen LogP contribution is 2.35. The Labute approximate surface area is 130 Å². The summed E-state index contributed by atoms with van der Waals surface area (Å²) >= 11 is 6.30. The second-order valence-corrected chi connectivity index (χ2v) is 5.79. The molecule has 1 aromatic rings. The lowest BCUT2D eigenvalue weighted by Crippen LogP contribution is -2.27. The maximum absolute atomic E-state index is 12.1. The summed E-state index contributed by atoms with van der Waals surface area (Å²) in [4.78, 5) is 24.4. The molecule has 0 saturated carbocycles. The van der Waals surface area contributed by atoms with E-state index in [-0.39, 0.29) is 11.6 Å². The number of nitrogens with zero attached hydrogens (tertiary/aromatic N) is 2. The van der Waals surface area contributed by atoms with Crippen molar-refractivity contribution in [1.29, 1.82) is 0 Å². The lowest BCUT2D eigenvalue weighted by molar-refractivity contribution is -0.384. The zero-order valence-corrected chi connectivity index (χ0v) is 13.0. The highest BCUT2D eigenvalue weighted by atomic mass is 32.2. The lowest BCUT2D eigenvalue weighted by Gasteiger charge is -2.09. The van der Waals surface area contributed by atoms with E-state index >= 15 is 0 Å². The van der Waals surface area contributed by atoms with Crippen molar-refractivity contribution in [3.8, 4) is 5.75 Å². The average molecular weight is 324 g/mol. The lowest BCUT2D eigenvalue weighted by atomic mass is 10.1. The molecule has 2 rings (SSSR count). The fourth-order valence-electron chi connectivity index (χ4n) is 1.86.